The van der Waals surface area contributed by atoms with Crippen LogP contribution in [0.5, 0.6) is 0 Å². The third-order valence-electron chi connectivity index (χ3n) is 4.80. The molecule has 1 atom stereocenters. The van der Waals surface area contributed by atoms with Gasteiger partial charge in [-0.15, -0.1) is 0 Å². The maximum absolute atomic E-state index is 13.0. The first-order valence-electron chi connectivity index (χ1n) is 7.58. The van der Waals surface area contributed by atoms with E-state index in [1.807, 2.05) is 18.2 Å². The Kier molecular flexibility index (Phi) is 2.84. The topological polar surface area (TPSA) is 17.1 Å². The quantitative estimate of drug-likeness (QED) is 0.580. The second-order valence-corrected chi connectivity index (χ2v) is 7.61. The maximum Gasteiger partial charge on any atom is 0.190 e. The van der Waals surface area contributed by atoms with Crippen LogP contribution >= 0.6 is 12.6 Å². The van der Waals surface area contributed by atoms with E-state index in [4.69, 9.17) is 12.6 Å². The van der Waals surface area contributed by atoms with E-state index < -0.39 is 0 Å². The van der Waals surface area contributed by atoms with E-state index in [1.165, 1.54) is 16.7 Å². The van der Waals surface area contributed by atoms with Crippen LogP contribution in [0.25, 0.3) is 16.7 Å². The number of carbonyl (C=O) groups excluding carboxylic acids is 1. The SMILES string of the molecule is BC1(S)CCCC2=C(C1)C(=O)c1c2cc2cccccc1-2. The van der Waals surface area contributed by atoms with Gasteiger partial charge < -0.3 is 0 Å². The predicted molar refractivity (Wildman–Crippen MR) is 93.0 cm³/mol. The Morgan fingerprint density at radius 1 is 1.10 bits per heavy atom. The van der Waals surface area contributed by atoms with Gasteiger partial charge in [0.15, 0.2) is 5.78 Å². The molecule has 4 aliphatic rings. The second-order valence-electron chi connectivity index (χ2n) is 6.53. The Morgan fingerprint density at radius 2 is 1.90 bits per heavy atom. The molecule has 0 aliphatic heterocycles. The predicted octanol–water partition coefficient (Wildman–Crippen LogP) is 3.57. The molecule has 21 heavy (non-hydrogen) atoms. The van der Waals surface area contributed by atoms with Crippen molar-refractivity contribution in [2.45, 2.75) is 30.3 Å². The van der Waals surface area contributed by atoms with E-state index in [9.17, 15) is 4.79 Å². The van der Waals surface area contributed by atoms with Crippen LogP contribution in [0.2, 0.25) is 0 Å². The van der Waals surface area contributed by atoms with Crippen molar-refractivity contribution < 1.29 is 4.79 Å². The molecule has 0 N–H and O–H groups in total. The van der Waals surface area contributed by atoms with Crippen LogP contribution < -0.4 is 0 Å². The van der Waals surface area contributed by atoms with Crippen molar-refractivity contribution in [3.63, 3.8) is 0 Å². The van der Waals surface area contributed by atoms with Gasteiger partial charge in [0.1, 0.15) is 7.85 Å². The molecule has 0 spiro atoms. The van der Waals surface area contributed by atoms with Gasteiger partial charge in [-0.3, -0.25) is 4.79 Å². The zero-order valence-electron chi connectivity index (χ0n) is 12.1. The van der Waals surface area contributed by atoms with Crippen LogP contribution in [0.15, 0.2) is 42.0 Å². The van der Waals surface area contributed by atoms with E-state index in [1.54, 1.807) is 0 Å². The van der Waals surface area contributed by atoms with Crippen LogP contribution in [-0.4, -0.2) is 18.3 Å². The van der Waals surface area contributed by atoms with Crippen molar-refractivity contribution in [2.75, 3.05) is 0 Å². The molecule has 0 radical (unpaired) electrons. The van der Waals surface area contributed by atoms with Gasteiger partial charge in [0.2, 0.25) is 0 Å². The fourth-order valence-electron chi connectivity index (χ4n) is 3.81. The summed E-state index contributed by atoms with van der Waals surface area (Å²) in [6.07, 6.45) is 3.98. The summed E-state index contributed by atoms with van der Waals surface area (Å²) < 4.78 is -0.0588. The average molecular weight is 292 g/mol. The lowest BCUT2D eigenvalue weighted by atomic mass is 9.77. The number of thiol groups is 1. The molecule has 4 aliphatic carbocycles. The van der Waals surface area contributed by atoms with Crippen LogP contribution in [0.1, 0.15) is 41.6 Å². The summed E-state index contributed by atoms with van der Waals surface area (Å²) in [5.74, 6) is 0.239. The first-order valence-corrected chi connectivity index (χ1v) is 8.03. The third-order valence-corrected chi connectivity index (χ3v) is 5.18. The van der Waals surface area contributed by atoms with Crippen LogP contribution in [0, 0.1) is 0 Å². The lowest BCUT2D eigenvalue weighted by molar-refractivity contribution is 0.103. The normalized spacial score (nSPS) is 24.9. The summed E-state index contributed by atoms with van der Waals surface area (Å²) in [4.78, 5) is 13.0. The largest absolute Gasteiger partial charge is 0.289 e. The first-order chi connectivity index (χ1) is 10.1. The molecular weight excluding hydrogens is 275 g/mol. The van der Waals surface area contributed by atoms with Gasteiger partial charge in [-0.1, -0.05) is 30.3 Å². The molecule has 0 heterocycles. The molecule has 0 aromatic carbocycles. The van der Waals surface area contributed by atoms with E-state index in [2.05, 4.69) is 26.0 Å². The summed E-state index contributed by atoms with van der Waals surface area (Å²) in [5.41, 5.74) is 6.67. The van der Waals surface area contributed by atoms with Gasteiger partial charge in [0.25, 0.3) is 0 Å². The number of hydrogen-bond acceptors (Lipinski definition) is 2. The minimum absolute atomic E-state index is 0.0588. The lowest BCUT2D eigenvalue weighted by Crippen LogP contribution is -2.22. The Labute approximate surface area is 131 Å². The minimum Gasteiger partial charge on any atom is -0.289 e. The van der Waals surface area contributed by atoms with Crippen molar-refractivity contribution in [3.05, 3.63) is 53.1 Å². The summed E-state index contributed by atoms with van der Waals surface area (Å²) in [5, 5.41) is 0. The number of Topliss-reactive ketones (excluding diaryl/α,β-unsaturated/α-hetero) is 1. The Hall–Kier alpha value is -1.48. The molecule has 3 heteroatoms. The van der Waals surface area contributed by atoms with E-state index in [-0.39, 0.29) is 10.4 Å². The Morgan fingerprint density at radius 3 is 2.76 bits per heavy atom. The minimum atomic E-state index is -0.0588. The Bertz CT molecular complexity index is 760. The molecule has 0 fully saturated rings. The summed E-state index contributed by atoms with van der Waals surface area (Å²) in [6.45, 7) is 0. The highest BCUT2D eigenvalue weighted by Crippen LogP contribution is 2.48. The summed E-state index contributed by atoms with van der Waals surface area (Å²) >= 11 is 4.77. The number of hydrogen-bond donors (Lipinski definition) is 1. The van der Waals surface area contributed by atoms with Gasteiger partial charge in [-0.05, 0) is 58.7 Å². The summed E-state index contributed by atoms with van der Waals surface area (Å²) in [7, 11) is 2.15. The zero-order chi connectivity index (χ0) is 14.6. The van der Waals surface area contributed by atoms with Crippen molar-refractivity contribution in [3.8, 4) is 11.1 Å². The van der Waals surface area contributed by atoms with Crippen LogP contribution in [0.4, 0.5) is 0 Å². The monoisotopic (exact) mass is 292 g/mol. The molecule has 0 aromatic rings. The number of rotatable bonds is 0. The molecule has 0 saturated heterocycles. The van der Waals surface area contributed by atoms with E-state index in [0.717, 1.165) is 42.4 Å². The Balaban J connectivity index is 1.93. The standard InChI is InChI=1S/C18H17BOS/c19-18(21)8-4-7-13-14-9-11-5-2-1-3-6-12(11)16(14)17(20)15(13)10-18/h1-3,5-6,9,21H,4,7-8,10,19H2. The molecule has 1 unspecified atom stereocenters. The second kappa shape index (κ2) is 4.51. The summed E-state index contributed by atoms with van der Waals surface area (Å²) in [6, 6.07) is 12.4. The number of ketones is 1. The molecule has 4 rings (SSSR count). The van der Waals surface area contributed by atoms with Crippen LogP contribution in [-0.2, 0) is 0 Å². The fraction of sp³-hybridized carbons (Fsp3) is 0.278. The van der Waals surface area contributed by atoms with E-state index in [0.29, 0.717) is 0 Å². The van der Waals surface area contributed by atoms with Gasteiger partial charge in [-0.25, -0.2) is 0 Å². The highest BCUT2D eigenvalue weighted by molar-refractivity contribution is 7.83. The van der Waals surface area contributed by atoms with Gasteiger partial charge in [0.05, 0.1) is 0 Å². The fourth-order valence-corrected chi connectivity index (χ4v) is 4.12. The van der Waals surface area contributed by atoms with Gasteiger partial charge in [0, 0.05) is 11.1 Å². The number of carbonyl (C=O) groups is 1. The molecular formula is C18H17BOS. The van der Waals surface area contributed by atoms with Crippen LogP contribution in [0.3, 0.4) is 0 Å². The smallest absolute Gasteiger partial charge is 0.190 e. The molecule has 0 aromatic heterocycles. The van der Waals surface area contributed by atoms with Crippen molar-refractivity contribution >= 4 is 31.8 Å². The number of fused-ring (bicyclic) bond motifs is 4. The van der Waals surface area contributed by atoms with Crippen molar-refractivity contribution in [1.82, 2.24) is 0 Å². The molecule has 104 valence electrons. The highest BCUT2D eigenvalue weighted by atomic mass is 32.1. The first kappa shape index (κ1) is 13.2. The lowest BCUT2D eigenvalue weighted by Gasteiger charge is -2.21. The van der Waals surface area contributed by atoms with Crippen molar-refractivity contribution in [1.29, 1.82) is 0 Å². The highest BCUT2D eigenvalue weighted by Gasteiger charge is 2.38. The molecule has 1 nitrogen and oxygen atoms in total. The average Bonchev–Trinajstić information content (AvgIpc) is 2.70. The molecule has 0 bridgehead atoms. The molecule has 0 amide bonds. The maximum atomic E-state index is 13.0. The molecule has 0 saturated carbocycles. The van der Waals surface area contributed by atoms with Crippen molar-refractivity contribution in [2.24, 2.45) is 0 Å². The van der Waals surface area contributed by atoms with Gasteiger partial charge >= 0.3 is 0 Å². The zero-order valence-corrected chi connectivity index (χ0v) is 13.0. The number of allylic oxidation sites excluding steroid dienone is 2. The third kappa shape index (κ3) is 1.98. The van der Waals surface area contributed by atoms with Gasteiger partial charge in [-0.2, -0.15) is 12.6 Å². The van der Waals surface area contributed by atoms with E-state index >= 15 is 0 Å².